The van der Waals surface area contributed by atoms with Crippen molar-refractivity contribution in [2.24, 2.45) is 5.73 Å². The van der Waals surface area contributed by atoms with Gasteiger partial charge in [0, 0.05) is 13.7 Å². The number of hydrogen-bond donors (Lipinski definition) is 1. The lowest BCUT2D eigenvalue weighted by molar-refractivity contribution is 0.192. The quantitative estimate of drug-likeness (QED) is 0.552. The van der Waals surface area contributed by atoms with Gasteiger partial charge in [-0.2, -0.15) is 0 Å². The lowest BCUT2D eigenvalue weighted by atomic mass is 10.2. The van der Waals surface area contributed by atoms with E-state index in [-0.39, 0.29) is 7.09 Å². The van der Waals surface area contributed by atoms with Gasteiger partial charge in [0.25, 0.3) is 0 Å². The highest BCUT2D eigenvalue weighted by Crippen LogP contribution is 1.97. The summed E-state index contributed by atoms with van der Waals surface area (Å²) in [5.41, 5.74) is 5.31. The molecule has 0 unspecified atom stereocenters. The Morgan fingerprint density at radius 2 is 2.11 bits per heavy atom. The Morgan fingerprint density at radius 1 is 1.33 bits per heavy atom. The molecule has 0 aromatic heterocycles. The van der Waals surface area contributed by atoms with Crippen LogP contribution < -0.4 is 5.73 Å². The van der Waals surface area contributed by atoms with Gasteiger partial charge in [0.1, 0.15) is 0 Å². The van der Waals surface area contributed by atoms with E-state index in [2.05, 4.69) is 0 Å². The van der Waals surface area contributed by atoms with Gasteiger partial charge in [-0.3, -0.25) is 0 Å². The van der Waals surface area contributed by atoms with Gasteiger partial charge in [-0.05, 0) is 19.4 Å². The first-order valence-corrected chi connectivity index (χ1v) is 3.49. The van der Waals surface area contributed by atoms with Gasteiger partial charge >= 0.3 is 0 Å². The molecule has 2 heteroatoms. The zero-order chi connectivity index (χ0) is 7.66. The molecule has 0 aromatic carbocycles. The van der Waals surface area contributed by atoms with Crippen LogP contribution in [0.2, 0.25) is 0 Å². The Labute approximate surface area is 58.8 Å². The van der Waals surface area contributed by atoms with Crippen LogP contribution in [0.1, 0.15) is 27.1 Å². The summed E-state index contributed by atoms with van der Waals surface area (Å²) in [5, 5.41) is 0. The van der Waals surface area contributed by atoms with Crippen molar-refractivity contribution in [2.45, 2.75) is 25.7 Å². The van der Waals surface area contributed by atoms with E-state index < -0.39 is 0 Å². The van der Waals surface area contributed by atoms with Crippen molar-refractivity contribution in [3.8, 4) is 0 Å². The predicted molar refractivity (Wildman–Crippen MR) is 39.4 cm³/mol. The van der Waals surface area contributed by atoms with Crippen molar-refractivity contribution in [3.05, 3.63) is 0 Å². The fourth-order valence-electron chi connectivity index (χ4n) is 0.702. The Bertz CT molecular complexity index is 53.6. The van der Waals surface area contributed by atoms with Gasteiger partial charge < -0.3 is 10.5 Å². The molecule has 0 aliphatic heterocycles. The molecule has 0 amide bonds. The number of methoxy groups -OCH3 is 1. The maximum atomic E-state index is 6.68. The molecule has 0 heterocycles. The molecule has 0 fully saturated rings. The highest BCUT2D eigenvalue weighted by atomic mass is 16.5. The van der Waals surface area contributed by atoms with Crippen molar-refractivity contribution < 1.29 is 6.11 Å². The highest BCUT2D eigenvalue weighted by Gasteiger charge is 1.85. The van der Waals surface area contributed by atoms with Gasteiger partial charge in [-0.1, -0.05) is 12.8 Å². The van der Waals surface area contributed by atoms with Crippen LogP contribution in [0, 0.1) is 0 Å². The smallest absolute Gasteiger partial charge is 0.0530 e. The van der Waals surface area contributed by atoms with Gasteiger partial charge in [0.2, 0.25) is 0 Å². The predicted octanol–water partition coefficient (Wildman–Crippen LogP) is 1.15. The summed E-state index contributed by atoms with van der Waals surface area (Å²) in [6.45, 7) is 1.52. The first-order chi connectivity index (χ1) is 4.91. The first kappa shape index (κ1) is 7.03. The molecule has 0 atom stereocenters. The molecule has 0 aliphatic rings. The van der Waals surface area contributed by atoms with Crippen LogP contribution in [-0.4, -0.2) is 20.2 Å². The lowest BCUT2D eigenvalue weighted by Gasteiger charge is -1.97. The monoisotopic (exact) mass is 133 g/mol. The van der Waals surface area contributed by atoms with Crippen LogP contribution in [0.25, 0.3) is 0 Å². The van der Waals surface area contributed by atoms with Gasteiger partial charge in [0.05, 0.1) is 1.37 Å². The molecule has 9 heavy (non-hydrogen) atoms. The van der Waals surface area contributed by atoms with Gasteiger partial charge in [0.15, 0.2) is 0 Å². The van der Waals surface area contributed by atoms with Crippen LogP contribution in [0.4, 0.5) is 0 Å². The van der Waals surface area contributed by atoms with Crippen molar-refractivity contribution >= 4 is 0 Å². The third-order valence-corrected chi connectivity index (χ3v) is 1.24. The van der Waals surface area contributed by atoms with Crippen molar-refractivity contribution in [2.75, 3.05) is 20.2 Å². The highest BCUT2D eigenvalue weighted by molar-refractivity contribution is 4.42. The fourth-order valence-corrected chi connectivity index (χ4v) is 0.702. The molecule has 0 bridgehead atoms. The van der Waals surface area contributed by atoms with E-state index in [1.165, 1.54) is 12.8 Å². The van der Waals surface area contributed by atoms with E-state index in [9.17, 15) is 0 Å². The Morgan fingerprint density at radius 3 is 2.78 bits per heavy atom. The zero-order valence-corrected chi connectivity index (χ0v) is 5.94. The molecule has 0 aliphatic carbocycles. The fraction of sp³-hybridized carbons (Fsp3) is 1.00. The van der Waals surface area contributed by atoms with Crippen LogP contribution in [0.15, 0.2) is 0 Å². The summed E-state index contributed by atoms with van der Waals surface area (Å²) in [6, 6.07) is 0. The number of unbranched alkanes of at least 4 members (excludes halogenated alkanes) is 3. The summed E-state index contributed by atoms with van der Waals surface area (Å²) in [6.07, 6.45) is 4.55. The van der Waals surface area contributed by atoms with Crippen molar-refractivity contribution in [1.29, 1.82) is 0 Å². The summed E-state index contributed by atoms with van der Waals surface area (Å²) in [5.74, 6) is 0. The molecule has 0 saturated carbocycles. The molecule has 0 spiro atoms. The van der Waals surface area contributed by atoms with Gasteiger partial charge in [-0.15, -0.1) is 0 Å². The SMILES string of the molecule is [3H]COCCCCCCN. The standard InChI is InChI=1S/C7H17NO/c1-9-7-5-3-2-4-6-8/h2-8H2,1H3/i1T. The third-order valence-electron chi connectivity index (χ3n) is 1.24. The Hall–Kier alpha value is -0.0800. The molecule has 0 aromatic rings. The number of hydrogen-bond acceptors (Lipinski definition) is 2. The van der Waals surface area contributed by atoms with E-state index >= 15 is 0 Å². The zero-order valence-electron chi connectivity index (χ0n) is 6.94. The summed E-state index contributed by atoms with van der Waals surface area (Å²) in [7, 11) is 0.0941. The molecule has 2 N–H and O–H groups in total. The molecule has 2 nitrogen and oxygen atoms in total. The van der Waals surface area contributed by atoms with Crippen molar-refractivity contribution in [3.63, 3.8) is 0 Å². The molecular formula is C7H17NO. The van der Waals surface area contributed by atoms with Crippen LogP contribution in [-0.2, 0) is 4.74 Å². The maximum absolute atomic E-state index is 6.68. The first-order valence-electron chi connectivity index (χ1n) is 4.19. The maximum Gasteiger partial charge on any atom is 0.0530 e. The van der Waals surface area contributed by atoms with E-state index in [1.54, 1.807) is 0 Å². The largest absolute Gasteiger partial charge is 0.385 e. The van der Waals surface area contributed by atoms with Crippen LogP contribution >= 0.6 is 0 Å². The van der Waals surface area contributed by atoms with Crippen molar-refractivity contribution in [1.82, 2.24) is 0 Å². The normalized spacial score (nSPS) is 11.4. The minimum absolute atomic E-state index is 0.0941. The molecular weight excluding hydrogens is 114 g/mol. The summed E-state index contributed by atoms with van der Waals surface area (Å²) in [4.78, 5) is 0. The average Bonchev–Trinajstić information content (AvgIpc) is 1.97. The number of ether oxygens (including phenoxy) is 1. The summed E-state index contributed by atoms with van der Waals surface area (Å²) >= 11 is 0. The molecule has 0 radical (unpaired) electrons. The second-order valence-electron chi connectivity index (χ2n) is 2.11. The minimum Gasteiger partial charge on any atom is -0.385 e. The van der Waals surface area contributed by atoms with Crippen LogP contribution in [0.3, 0.4) is 0 Å². The number of rotatable bonds is 6. The lowest BCUT2D eigenvalue weighted by Crippen LogP contribution is -1.98. The minimum atomic E-state index is 0.0941. The molecule has 56 valence electrons. The Balaban J connectivity index is 2.65. The summed E-state index contributed by atoms with van der Waals surface area (Å²) < 4.78 is 11.5. The molecule has 0 saturated heterocycles. The van der Waals surface area contributed by atoms with E-state index in [0.717, 1.165) is 26.0 Å². The third kappa shape index (κ3) is 7.92. The molecule has 0 rings (SSSR count). The Kier molecular flexibility index (Phi) is 6.19. The van der Waals surface area contributed by atoms with E-state index in [0.29, 0.717) is 0 Å². The van der Waals surface area contributed by atoms with E-state index in [1.807, 2.05) is 0 Å². The average molecular weight is 133 g/mol. The van der Waals surface area contributed by atoms with Crippen LogP contribution in [0.5, 0.6) is 0 Å². The second-order valence-corrected chi connectivity index (χ2v) is 2.11. The number of nitrogens with two attached hydrogens (primary N) is 1. The second kappa shape index (κ2) is 7.92. The topological polar surface area (TPSA) is 35.2 Å². The van der Waals surface area contributed by atoms with E-state index in [4.69, 9.17) is 11.8 Å². The van der Waals surface area contributed by atoms with Gasteiger partial charge in [-0.25, -0.2) is 0 Å².